The molecule has 1 heteroatoms. The van der Waals surface area contributed by atoms with Gasteiger partial charge in [0.15, 0.2) is 0 Å². The summed E-state index contributed by atoms with van der Waals surface area (Å²) in [7, 11) is 2.41. The monoisotopic (exact) mass is 124 g/mol. The van der Waals surface area contributed by atoms with Crippen molar-refractivity contribution in [2.45, 2.75) is 44.8 Å². The lowest BCUT2D eigenvalue weighted by Crippen LogP contribution is -2.13. The Bertz CT molecular complexity index is 80.6. The summed E-state index contributed by atoms with van der Waals surface area (Å²) in [6.45, 7) is 2.33. The summed E-state index contributed by atoms with van der Waals surface area (Å²) in [5.74, 6) is 2.07. The van der Waals surface area contributed by atoms with Crippen molar-refractivity contribution in [1.82, 2.24) is 0 Å². The van der Waals surface area contributed by atoms with E-state index >= 15 is 0 Å². The first kappa shape index (κ1) is 7.18. The third-order valence-corrected chi connectivity index (χ3v) is 2.81. The number of hydrogen-bond acceptors (Lipinski definition) is 0. The lowest BCUT2D eigenvalue weighted by atomic mass is 9.67. The summed E-state index contributed by atoms with van der Waals surface area (Å²) in [6, 6.07) is 0. The van der Waals surface area contributed by atoms with Crippen molar-refractivity contribution in [2.75, 3.05) is 0 Å². The highest BCUT2D eigenvalue weighted by atomic mass is 14.2. The van der Waals surface area contributed by atoms with Crippen molar-refractivity contribution in [3.8, 4) is 0 Å². The SMILES string of the molecule is BC1CCCCC1CC. The highest BCUT2D eigenvalue weighted by molar-refractivity contribution is 6.11. The highest BCUT2D eigenvalue weighted by Crippen LogP contribution is 2.33. The zero-order valence-corrected chi connectivity index (χ0v) is 6.69. The number of hydrogen-bond donors (Lipinski definition) is 0. The van der Waals surface area contributed by atoms with Crippen LogP contribution in [-0.4, -0.2) is 7.85 Å². The van der Waals surface area contributed by atoms with Gasteiger partial charge in [-0.1, -0.05) is 44.8 Å². The molecule has 0 N–H and O–H groups in total. The van der Waals surface area contributed by atoms with E-state index in [0.29, 0.717) is 0 Å². The molecule has 2 atom stereocenters. The van der Waals surface area contributed by atoms with Gasteiger partial charge in [-0.2, -0.15) is 0 Å². The van der Waals surface area contributed by atoms with Crippen LogP contribution in [0.1, 0.15) is 39.0 Å². The second-order valence-electron chi connectivity index (χ2n) is 3.43. The number of rotatable bonds is 1. The van der Waals surface area contributed by atoms with Crippen LogP contribution in [-0.2, 0) is 0 Å². The molecular weight excluding hydrogens is 107 g/mol. The van der Waals surface area contributed by atoms with E-state index in [1.54, 1.807) is 0 Å². The predicted octanol–water partition coefficient (Wildman–Crippen LogP) is 2.01. The van der Waals surface area contributed by atoms with Crippen LogP contribution < -0.4 is 0 Å². The van der Waals surface area contributed by atoms with E-state index in [0.717, 1.165) is 11.7 Å². The van der Waals surface area contributed by atoms with Gasteiger partial charge in [0.05, 0.1) is 0 Å². The Labute approximate surface area is 59.4 Å². The van der Waals surface area contributed by atoms with Crippen molar-refractivity contribution in [3.05, 3.63) is 0 Å². The van der Waals surface area contributed by atoms with Crippen molar-refractivity contribution in [1.29, 1.82) is 0 Å². The summed E-state index contributed by atoms with van der Waals surface area (Å²) in [5, 5.41) is 0. The van der Waals surface area contributed by atoms with E-state index in [1.807, 2.05) is 0 Å². The van der Waals surface area contributed by atoms with Gasteiger partial charge in [-0.05, 0) is 5.92 Å². The van der Waals surface area contributed by atoms with Gasteiger partial charge in [0.1, 0.15) is 7.85 Å². The Morgan fingerprint density at radius 1 is 1.33 bits per heavy atom. The summed E-state index contributed by atoms with van der Waals surface area (Å²) < 4.78 is 0. The van der Waals surface area contributed by atoms with Gasteiger partial charge in [-0.15, -0.1) is 0 Å². The first-order chi connectivity index (χ1) is 4.34. The molecule has 1 rings (SSSR count). The molecule has 2 unspecified atom stereocenters. The highest BCUT2D eigenvalue weighted by Gasteiger charge is 2.18. The fourth-order valence-corrected chi connectivity index (χ4v) is 2.00. The molecule has 9 heavy (non-hydrogen) atoms. The van der Waals surface area contributed by atoms with E-state index in [-0.39, 0.29) is 0 Å². The van der Waals surface area contributed by atoms with Crippen molar-refractivity contribution >= 4 is 7.85 Å². The average molecular weight is 124 g/mol. The Morgan fingerprint density at radius 3 is 2.44 bits per heavy atom. The van der Waals surface area contributed by atoms with Crippen LogP contribution in [0.25, 0.3) is 0 Å². The maximum Gasteiger partial charge on any atom is 0.105 e. The van der Waals surface area contributed by atoms with Crippen molar-refractivity contribution in [3.63, 3.8) is 0 Å². The fraction of sp³-hybridized carbons (Fsp3) is 1.00. The zero-order valence-electron chi connectivity index (χ0n) is 6.69. The van der Waals surface area contributed by atoms with E-state index in [1.165, 1.54) is 32.1 Å². The van der Waals surface area contributed by atoms with Gasteiger partial charge in [-0.3, -0.25) is 0 Å². The Balaban J connectivity index is 2.30. The molecule has 0 bridgehead atoms. The minimum atomic E-state index is 1.02. The van der Waals surface area contributed by atoms with E-state index in [4.69, 9.17) is 0 Å². The molecule has 0 heterocycles. The van der Waals surface area contributed by atoms with Gasteiger partial charge in [0, 0.05) is 0 Å². The molecule has 0 amide bonds. The third kappa shape index (κ3) is 1.74. The maximum atomic E-state index is 2.41. The zero-order chi connectivity index (χ0) is 6.69. The molecule has 1 aliphatic rings. The van der Waals surface area contributed by atoms with Crippen LogP contribution in [0.3, 0.4) is 0 Å². The smallest absolute Gasteiger partial charge is 0.0669 e. The third-order valence-electron chi connectivity index (χ3n) is 2.81. The predicted molar refractivity (Wildman–Crippen MR) is 44.5 cm³/mol. The molecule has 0 aliphatic heterocycles. The lowest BCUT2D eigenvalue weighted by Gasteiger charge is -2.27. The second kappa shape index (κ2) is 3.29. The van der Waals surface area contributed by atoms with Gasteiger partial charge >= 0.3 is 0 Å². The van der Waals surface area contributed by atoms with E-state index in [9.17, 15) is 0 Å². The molecule has 0 radical (unpaired) electrons. The lowest BCUT2D eigenvalue weighted by molar-refractivity contribution is 0.350. The van der Waals surface area contributed by atoms with Crippen LogP contribution in [0.2, 0.25) is 5.82 Å². The minimum absolute atomic E-state index is 1.02. The van der Waals surface area contributed by atoms with E-state index < -0.39 is 0 Å². The molecule has 0 aromatic heterocycles. The molecule has 0 aromatic carbocycles. The molecule has 1 saturated carbocycles. The molecule has 52 valence electrons. The van der Waals surface area contributed by atoms with Crippen LogP contribution in [0.15, 0.2) is 0 Å². The maximum absolute atomic E-state index is 2.41. The molecule has 0 aromatic rings. The Hall–Kier alpha value is 0.0649. The second-order valence-corrected chi connectivity index (χ2v) is 3.43. The Kier molecular flexibility index (Phi) is 2.62. The van der Waals surface area contributed by atoms with Crippen molar-refractivity contribution < 1.29 is 0 Å². The van der Waals surface area contributed by atoms with E-state index in [2.05, 4.69) is 14.8 Å². The minimum Gasteiger partial charge on any atom is -0.0669 e. The summed E-state index contributed by atoms with van der Waals surface area (Å²) in [6.07, 6.45) is 7.36. The quantitative estimate of drug-likeness (QED) is 0.469. The van der Waals surface area contributed by atoms with Crippen LogP contribution in [0.4, 0.5) is 0 Å². The van der Waals surface area contributed by atoms with Crippen LogP contribution in [0, 0.1) is 5.92 Å². The van der Waals surface area contributed by atoms with Crippen LogP contribution >= 0.6 is 0 Å². The molecule has 1 aliphatic carbocycles. The standard InChI is InChI=1S/C8H17B/c1-2-7-5-3-4-6-8(7)9/h7-8H,2-6,9H2,1H3. The van der Waals surface area contributed by atoms with Gasteiger partial charge in [0.25, 0.3) is 0 Å². The first-order valence-electron chi connectivity index (χ1n) is 4.34. The summed E-state index contributed by atoms with van der Waals surface area (Å²) in [5.41, 5.74) is 0. The largest absolute Gasteiger partial charge is 0.105 e. The van der Waals surface area contributed by atoms with Crippen LogP contribution in [0.5, 0.6) is 0 Å². The average Bonchev–Trinajstić information content (AvgIpc) is 1.89. The summed E-state index contributed by atoms with van der Waals surface area (Å²) >= 11 is 0. The molecule has 0 saturated heterocycles. The molecule has 1 fully saturated rings. The molecule has 0 spiro atoms. The normalized spacial score (nSPS) is 36.6. The van der Waals surface area contributed by atoms with Crippen molar-refractivity contribution in [2.24, 2.45) is 5.92 Å². The van der Waals surface area contributed by atoms with Gasteiger partial charge < -0.3 is 0 Å². The molecule has 0 nitrogen and oxygen atoms in total. The topological polar surface area (TPSA) is 0 Å². The van der Waals surface area contributed by atoms with Gasteiger partial charge in [-0.25, -0.2) is 0 Å². The van der Waals surface area contributed by atoms with Gasteiger partial charge in [0.2, 0.25) is 0 Å². The Morgan fingerprint density at radius 2 is 2.00 bits per heavy atom. The fourth-order valence-electron chi connectivity index (χ4n) is 2.00. The molecular formula is C8H17B. The summed E-state index contributed by atoms with van der Waals surface area (Å²) in [4.78, 5) is 0. The first-order valence-corrected chi connectivity index (χ1v) is 4.34.